The van der Waals surface area contributed by atoms with E-state index in [4.69, 9.17) is 4.74 Å². The van der Waals surface area contributed by atoms with E-state index in [1.54, 1.807) is 11.3 Å². The quantitative estimate of drug-likeness (QED) is 0.527. The van der Waals surface area contributed by atoms with Crippen molar-refractivity contribution in [2.45, 2.75) is 26.2 Å². The normalized spacial score (nSPS) is 12.1. The maximum Gasteiger partial charge on any atom is 0.119 e. The van der Waals surface area contributed by atoms with Gasteiger partial charge in [0.15, 0.2) is 0 Å². The molecule has 0 fully saturated rings. The molecule has 1 atom stereocenters. The van der Waals surface area contributed by atoms with E-state index in [1.807, 2.05) is 54.8 Å². The van der Waals surface area contributed by atoms with Gasteiger partial charge in [-0.1, -0.05) is 36.4 Å². The molecular formula is C22H25NO3S. The third-order valence-corrected chi connectivity index (χ3v) is 5.23. The third-order valence-electron chi connectivity index (χ3n) is 4.32. The molecule has 0 amide bonds. The zero-order valence-corrected chi connectivity index (χ0v) is 16.2. The van der Waals surface area contributed by atoms with Crippen LogP contribution in [0.2, 0.25) is 0 Å². The van der Waals surface area contributed by atoms with Crippen molar-refractivity contribution in [2.75, 3.05) is 13.2 Å². The molecule has 0 radical (unpaired) electrons. The van der Waals surface area contributed by atoms with Crippen molar-refractivity contribution in [1.29, 1.82) is 0 Å². The number of aryl methyl sites for hydroxylation is 1. The number of hydrogen-bond acceptors (Lipinski definition) is 5. The van der Waals surface area contributed by atoms with E-state index in [0.717, 1.165) is 32.9 Å². The molecule has 0 aliphatic heterocycles. The van der Waals surface area contributed by atoms with Gasteiger partial charge in [0.2, 0.25) is 0 Å². The van der Waals surface area contributed by atoms with Crippen LogP contribution in [-0.2, 0) is 13.2 Å². The summed E-state index contributed by atoms with van der Waals surface area (Å²) < 4.78 is 5.65. The number of thiophene rings is 1. The standard InChI is InChI=1S/C22H25NO3S/c1-16-5-4-7-19(11-16)26-15-18(25)13-23-12-17-6-2-3-8-20(17)21-9-10-27-22(21)14-24/h2-11,18,23-25H,12-15H2,1H3. The molecule has 3 aromatic rings. The molecule has 27 heavy (non-hydrogen) atoms. The van der Waals surface area contributed by atoms with E-state index in [0.29, 0.717) is 13.1 Å². The van der Waals surface area contributed by atoms with Gasteiger partial charge in [-0.2, -0.15) is 0 Å². The summed E-state index contributed by atoms with van der Waals surface area (Å²) in [4.78, 5) is 0.967. The molecule has 0 spiro atoms. The highest BCUT2D eigenvalue weighted by Gasteiger charge is 2.11. The Bertz CT molecular complexity index is 862. The Labute approximate surface area is 164 Å². The summed E-state index contributed by atoms with van der Waals surface area (Å²) in [6.07, 6.45) is -0.591. The lowest BCUT2D eigenvalue weighted by Gasteiger charge is -2.15. The van der Waals surface area contributed by atoms with Crippen LogP contribution in [0.4, 0.5) is 0 Å². The van der Waals surface area contributed by atoms with Gasteiger partial charge in [0.1, 0.15) is 18.5 Å². The van der Waals surface area contributed by atoms with Crippen LogP contribution < -0.4 is 10.1 Å². The number of hydrogen-bond donors (Lipinski definition) is 3. The van der Waals surface area contributed by atoms with Crippen LogP contribution in [-0.4, -0.2) is 29.5 Å². The molecule has 3 N–H and O–H groups in total. The summed E-state index contributed by atoms with van der Waals surface area (Å²) in [7, 11) is 0. The molecule has 0 saturated heterocycles. The second kappa shape index (κ2) is 9.67. The van der Waals surface area contributed by atoms with Crippen molar-refractivity contribution in [3.63, 3.8) is 0 Å². The topological polar surface area (TPSA) is 61.7 Å². The average molecular weight is 384 g/mol. The molecule has 0 aliphatic carbocycles. The van der Waals surface area contributed by atoms with E-state index in [-0.39, 0.29) is 13.2 Å². The van der Waals surface area contributed by atoms with Crippen molar-refractivity contribution in [3.05, 3.63) is 76.0 Å². The Kier molecular flexibility index (Phi) is 7.01. The first-order valence-corrected chi connectivity index (χ1v) is 9.89. The predicted molar refractivity (Wildman–Crippen MR) is 110 cm³/mol. The van der Waals surface area contributed by atoms with E-state index in [1.165, 1.54) is 0 Å². The van der Waals surface area contributed by atoms with Crippen LogP contribution >= 0.6 is 11.3 Å². The molecule has 142 valence electrons. The van der Waals surface area contributed by atoms with Crippen LogP contribution in [0.5, 0.6) is 5.75 Å². The second-order valence-corrected chi connectivity index (χ2v) is 7.49. The maximum atomic E-state index is 10.2. The molecule has 0 aliphatic rings. The molecule has 1 aromatic heterocycles. The molecular weight excluding hydrogens is 358 g/mol. The highest BCUT2D eigenvalue weighted by molar-refractivity contribution is 7.10. The smallest absolute Gasteiger partial charge is 0.119 e. The largest absolute Gasteiger partial charge is 0.491 e. The maximum absolute atomic E-state index is 10.2. The molecule has 1 heterocycles. The lowest BCUT2D eigenvalue weighted by Crippen LogP contribution is -2.31. The average Bonchev–Trinajstić information content (AvgIpc) is 3.15. The Hall–Kier alpha value is -2.18. The van der Waals surface area contributed by atoms with E-state index >= 15 is 0 Å². The summed E-state index contributed by atoms with van der Waals surface area (Å²) in [5.74, 6) is 0.772. The summed E-state index contributed by atoms with van der Waals surface area (Å²) in [5, 5.41) is 25.0. The second-order valence-electron chi connectivity index (χ2n) is 6.48. The predicted octanol–water partition coefficient (Wildman–Crippen LogP) is 3.75. The van der Waals surface area contributed by atoms with E-state index in [2.05, 4.69) is 17.4 Å². The molecule has 4 nitrogen and oxygen atoms in total. The highest BCUT2D eigenvalue weighted by atomic mass is 32.1. The van der Waals surface area contributed by atoms with Gasteiger partial charge in [-0.3, -0.25) is 0 Å². The van der Waals surface area contributed by atoms with Gasteiger partial charge in [-0.05, 0) is 52.8 Å². The minimum Gasteiger partial charge on any atom is -0.491 e. The zero-order valence-electron chi connectivity index (χ0n) is 15.4. The fourth-order valence-electron chi connectivity index (χ4n) is 2.97. The first kappa shape index (κ1) is 19.6. The van der Waals surface area contributed by atoms with Crippen LogP contribution in [0.25, 0.3) is 11.1 Å². The molecule has 0 bridgehead atoms. The zero-order chi connectivity index (χ0) is 19.1. The van der Waals surface area contributed by atoms with Crippen molar-refractivity contribution in [3.8, 4) is 16.9 Å². The Morgan fingerprint density at radius 1 is 1.07 bits per heavy atom. The number of aliphatic hydroxyl groups excluding tert-OH is 2. The van der Waals surface area contributed by atoms with Gasteiger partial charge >= 0.3 is 0 Å². The van der Waals surface area contributed by atoms with Gasteiger partial charge in [0.05, 0.1) is 6.61 Å². The number of rotatable bonds is 9. The molecule has 1 unspecified atom stereocenters. The van der Waals surface area contributed by atoms with Gasteiger partial charge in [0, 0.05) is 18.0 Å². The van der Waals surface area contributed by atoms with Crippen LogP contribution in [0.15, 0.2) is 60.0 Å². The van der Waals surface area contributed by atoms with Gasteiger partial charge < -0.3 is 20.3 Å². The molecule has 3 rings (SSSR count). The Balaban J connectivity index is 1.53. The number of aliphatic hydroxyl groups is 2. The summed E-state index contributed by atoms with van der Waals surface area (Å²) in [6.45, 7) is 3.38. The van der Waals surface area contributed by atoms with E-state index in [9.17, 15) is 10.2 Å². The minimum absolute atomic E-state index is 0.0454. The Morgan fingerprint density at radius 3 is 2.74 bits per heavy atom. The first-order chi connectivity index (χ1) is 13.2. The van der Waals surface area contributed by atoms with Crippen LogP contribution in [0.1, 0.15) is 16.0 Å². The van der Waals surface area contributed by atoms with E-state index < -0.39 is 6.10 Å². The van der Waals surface area contributed by atoms with Gasteiger partial charge in [0.25, 0.3) is 0 Å². The lowest BCUT2D eigenvalue weighted by molar-refractivity contribution is 0.106. The number of nitrogens with one attached hydrogen (secondary N) is 1. The van der Waals surface area contributed by atoms with Crippen molar-refractivity contribution in [2.24, 2.45) is 0 Å². The SMILES string of the molecule is Cc1cccc(OCC(O)CNCc2ccccc2-c2ccsc2CO)c1. The molecule has 5 heteroatoms. The van der Waals surface area contributed by atoms with Gasteiger partial charge in [-0.25, -0.2) is 0 Å². The summed E-state index contributed by atoms with van der Waals surface area (Å²) >= 11 is 1.56. The minimum atomic E-state index is -0.591. The fraction of sp³-hybridized carbons (Fsp3) is 0.273. The fourth-order valence-corrected chi connectivity index (χ4v) is 3.72. The van der Waals surface area contributed by atoms with Gasteiger partial charge in [-0.15, -0.1) is 11.3 Å². The van der Waals surface area contributed by atoms with Crippen molar-refractivity contribution < 1.29 is 14.9 Å². The van der Waals surface area contributed by atoms with Crippen molar-refractivity contribution in [1.82, 2.24) is 5.32 Å². The summed E-state index contributed by atoms with van der Waals surface area (Å²) in [5.41, 5.74) is 4.45. The van der Waals surface area contributed by atoms with Crippen LogP contribution in [0, 0.1) is 6.92 Å². The monoisotopic (exact) mass is 383 g/mol. The lowest BCUT2D eigenvalue weighted by atomic mass is 10.0. The summed E-state index contributed by atoms with van der Waals surface area (Å²) in [6, 6.07) is 18.0. The first-order valence-electron chi connectivity index (χ1n) is 9.01. The third kappa shape index (κ3) is 5.40. The Morgan fingerprint density at radius 2 is 1.93 bits per heavy atom. The highest BCUT2D eigenvalue weighted by Crippen LogP contribution is 2.30. The molecule has 2 aromatic carbocycles. The number of benzene rings is 2. The van der Waals surface area contributed by atoms with Crippen LogP contribution in [0.3, 0.4) is 0 Å². The number of ether oxygens (including phenoxy) is 1. The van der Waals surface area contributed by atoms with Crippen molar-refractivity contribution >= 4 is 11.3 Å². The molecule has 0 saturated carbocycles.